The molecule has 0 saturated carbocycles. The van der Waals surface area contributed by atoms with E-state index >= 15 is 0 Å². The lowest BCUT2D eigenvalue weighted by atomic mass is 10.3. The van der Waals surface area contributed by atoms with Crippen LogP contribution in [0, 0.1) is 6.92 Å². The van der Waals surface area contributed by atoms with Crippen molar-refractivity contribution in [2.45, 2.75) is 30.8 Å². The maximum Gasteiger partial charge on any atom is 0.321 e. The van der Waals surface area contributed by atoms with Gasteiger partial charge in [-0.05, 0) is 19.1 Å². The molecule has 21 heavy (non-hydrogen) atoms. The number of imidazole rings is 1. The molecule has 1 atom stereocenters. The van der Waals surface area contributed by atoms with Gasteiger partial charge in [-0.25, -0.2) is 4.98 Å². The Balaban J connectivity index is 1.98. The molecule has 3 rings (SSSR count). The first-order valence-electron chi connectivity index (χ1n) is 6.28. The van der Waals surface area contributed by atoms with Crippen LogP contribution in [0.5, 0.6) is 0 Å². The Morgan fingerprint density at radius 2 is 2.00 bits per heavy atom. The van der Waals surface area contributed by atoms with Crippen LogP contribution in [-0.4, -0.2) is 19.7 Å². The molecular formula is C13H12F2N4OS. The Kier molecular flexibility index (Phi) is 3.62. The van der Waals surface area contributed by atoms with E-state index in [9.17, 15) is 8.78 Å². The summed E-state index contributed by atoms with van der Waals surface area (Å²) in [5, 5.41) is 7.62. The summed E-state index contributed by atoms with van der Waals surface area (Å²) in [7, 11) is 0. The van der Waals surface area contributed by atoms with Crippen LogP contribution < -0.4 is 0 Å². The molecule has 0 radical (unpaired) electrons. The molecule has 8 heteroatoms. The highest BCUT2D eigenvalue weighted by Crippen LogP contribution is 2.37. The van der Waals surface area contributed by atoms with Gasteiger partial charge in [0.2, 0.25) is 11.8 Å². The minimum absolute atomic E-state index is 0.231. The highest BCUT2D eigenvalue weighted by Gasteiger charge is 2.22. The standard InChI is InChI=1S/C13H12F2N4OS/c1-7(11-18-17-8(2)20-11)21-13-16-9-5-3-4-6-10(9)19(13)12(14)15/h3-7,12H,1-2H3/t7-/m0/s1. The van der Waals surface area contributed by atoms with Crippen molar-refractivity contribution in [2.75, 3.05) is 0 Å². The summed E-state index contributed by atoms with van der Waals surface area (Å²) in [5.41, 5.74) is 0.943. The van der Waals surface area contributed by atoms with Gasteiger partial charge in [0.05, 0.1) is 16.3 Å². The van der Waals surface area contributed by atoms with E-state index in [2.05, 4.69) is 15.2 Å². The van der Waals surface area contributed by atoms with E-state index < -0.39 is 6.55 Å². The minimum Gasteiger partial charge on any atom is -0.424 e. The van der Waals surface area contributed by atoms with Gasteiger partial charge in [0.1, 0.15) is 0 Å². The number of aryl methyl sites for hydroxylation is 1. The van der Waals surface area contributed by atoms with E-state index in [1.54, 1.807) is 31.2 Å². The summed E-state index contributed by atoms with van der Waals surface area (Å²) in [6.07, 6.45) is 0. The van der Waals surface area contributed by atoms with E-state index in [4.69, 9.17) is 4.42 Å². The van der Waals surface area contributed by atoms with E-state index in [0.29, 0.717) is 22.8 Å². The van der Waals surface area contributed by atoms with Crippen molar-refractivity contribution in [3.63, 3.8) is 0 Å². The number of hydrogen-bond donors (Lipinski definition) is 0. The molecule has 5 nitrogen and oxygen atoms in total. The first kappa shape index (κ1) is 14.0. The number of fused-ring (bicyclic) bond motifs is 1. The molecule has 0 amide bonds. The molecule has 3 aromatic rings. The highest BCUT2D eigenvalue weighted by molar-refractivity contribution is 7.99. The number of nitrogens with zero attached hydrogens (tertiary/aromatic N) is 4. The fourth-order valence-electron chi connectivity index (χ4n) is 1.98. The second kappa shape index (κ2) is 5.44. The lowest BCUT2D eigenvalue weighted by Gasteiger charge is -2.09. The van der Waals surface area contributed by atoms with Crippen LogP contribution in [0.15, 0.2) is 33.8 Å². The molecule has 0 aliphatic rings. The van der Waals surface area contributed by atoms with Crippen LogP contribution in [0.1, 0.15) is 30.5 Å². The summed E-state index contributed by atoms with van der Waals surface area (Å²) in [6.45, 7) is 0.839. The summed E-state index contributed by atoms with van der Waals surface area (Å²) >= 11 is 1.17. The average molecular weight is 310 g/mol. The third kappa shape index (κ3) is 2.63. The normalized spacial score (nSPS) is 13.2. The molecule has 110 valence electrons. The van der Waals surface area contributed by atoms with Gasteiger partial charge in [-0.2, -0.15) is 8.78 Å². The van der Waals surface area contributed by atoms with Crippen LogP contribution in [0.25, 0.3) is 11.0 Å². The molecule has 2 heterocycles. The third-order valence-corrected chi connectivity index (χ3v) is 3.98. The van der Waals surface area contributed by atoms with Crippen molar-refractivity contribution < 1.29 is 13.2 Å². The fraction of sp³-hybridized carbons (Fsp3) is 0.308. The predicted octanol–water partition coefficient (Wildman–Crippen LogP) is 3.98. The molecule has 0 aliphatic heterocycles. The van der Waals surface area contributed by atoms with E-state index in [0.717, 1.165) is 4.57 Å². The minimum atomic E-state index is -2.66. The Morgan fingerprint density at radius 1 is 1.24 bits per heavy atom. The number of hydrogen-bond acceptors (Lipinski definition) is 5. The van der Waals surface area contributed by atoms with E-state index in [1.165, 1.54) is 11.8 Å². The first-order valence-corrected chi connectivity index (χ1v) is 7.16. The molecule has 0 spiro atoms. The zero-order chi connectivity index (χ0) is 15.0. The highest BCUT2D eigenvalue weighted by atomic mass is 32.2. The lowest BCUT2D eigenvalue weighted by molar-refractivity contribution is 0.0656. The van der Waals surface area contributed by atoms with Crippen molar-refractivity contribution in [1.29, 1.82) is 0 Å². The number of benzene rings is 1. The zero-order valence-electron chi connectivity index (χ0n) is 11.3. The Labute approximate surface area is 123 Å². The smallest absolute Gasteiger partial charge is 0.321 e. The molecule has 1 aromatic carbocycles. The maximum atomic E-state index is 13.3. The maximum absolute atomic E-state index is 13.3. The van der Waals surface area contributed by atoms with E-state index in [1.807, 2.05) is 6.92 Å². The van der Waals surface area contributed by atoms with Gasteiger partial charge in [0.15, 0.2) is 5.16 Å². The summed E-state index contributed by atoms with van der Waals surface area (Å²) in [4.78, 5) is 4.26. The quantitative estimate of drug-likeness (QED) is 0.682. The van der Waals surface area contributed by atoms with Crippen molar-refractivity contribution in [3.05, 3.63) is 36.0 Å². The van der Waals surface area contributed by atoms with Gasteiger partial charge < -0.3 is 4.42 Å². The monoisotopic (exact) mass is 310 g/mol. The van der Waals surface area contributed by atoms with E-state index in [-0.39, 0.29) is 10.4 Å². The summed E-state index contributed by atoms with van der Waals surface area (Å²) in [5.74, 6) is 0.838. The topological polar surface area (TPSA) is 56.7 Å². The summed E-state index contributed by atoms with van der Waals surface area (Å²) < 4.78 is 32.9. The molecule has 0 aliphatic carbocycles. The van der Waals surface area contributed by atoms with Crippen molar-refractivity contribution in [2.24, 2.45) is 0 Å². The van der Waals surface area contributed by atoms with Crippen LogP contribution in [0.4, 0.5) is 8.78 Å². The van der Waals surface area contributed by atoms with Gasteiger partial charge >= 0.3 is 6.55 Å². The van der Waals surface area contributed by atoms with Gasteiger partial charge in [0.25, 0.3) is 0 Å². The van der Waals surface area contributed by atoms with Crippen molar-refractivity contribution >= 4 is 22.8 Å². The number of rotatable bonds is 4. The number of thioether (sulfide) groups is 1. The molecule has 0 fully saturated rings. The van der Waals surface area contributed by atoms with Crippen LogP contribution in [0.3, 0.4) is 0 Å². The molecule has 2 aromatic heterocycles. The number of aromatic nitrogens is 4. The fourth-order valence-corrected chi connectivity index (χ4v) is 2.93. The molecular weight excluding hydrogens is 298 g/mol. The number of halogens is 2. The first-order chi connectivity index (χ1) is 10.1. The predicted molar refractivity (Wildman–Crippen MR) is 74.3 cm³/mol. The van der Waals surface area contributed by atoms with Crippen molar-refractivity contribution in [1.82, 2.24) is 19.7 Å². The molecule has 0 saturated heterocycles. The third-order valence-electron chi connectivity index (χ3n) is 2.93. The van der Waals surface area contributed by atoms with Gasteiger partial charge in [-0.3, -0.25) is 4.57 Å². The second-order valence-corrected chi connectivity index (χ2v) is 5.76. The van der Waals surface area contributed by atoms with Gasteiger partial charge in [-0.1, -0.05) is 23.9 Å². The summed E-state index contributed by atoms with van der Waals surface area (Å²) in [6, 6.07) is 6.81. The van der Waals surface area contributed by atoms with Gasteiger partial charge in [0, 0.05) is 6.92 Å². The van der Waals surface area contributed by atoms with Crippen LogP contribution in [-0.2, 0) is 0 Å². The van der Waals surface area contributed by atoms with Gasteiger partial charge in [-0.15, -0.1) is 10.2 Å². The number of alkyl halides is 2. The Hall–Kier alpha value is -1.96. The molecule has 0 N–H and O–H groups in total. The van der Waals surface area contributed by atoms with Crippen LogP contribution in [0.2, 0.25) is 0 Å². The SMILES string of the molecule is Cc1nnc([C@H](C)Sc2nc3ccccc3n2C(F)F)o1. The zero-order valence-corrected chi connectivity index (χ0v) is 12.1. The Bertz CT molecular complexity index is 770. The second-order valence-electron chi connectivity index (χ2n) is 4.45. The van der Waals surface area contributed by atoms with Crippen LogP contribution >= 0.6 is 11.8 Å². The lowest BCUT2D eigenvalue weighted by Crippen LogP contribution is -2.01. The van der Waals surface area contributed by atoms with Crippen molar-refractivity contribution in [3.8, 4) is 0 Å². The Morgan fingerprint density at radius 3 is 2.67 bits per heavy atom. The number of para-hydroxylation sites is 2. The molecule has 0 unspecified atom stereocenters. The average Bonchev–Trinajstić information content (AvgIpc) is 3.01. The molecule has 0 bridgehead atoms. The largest absolute Gasteiger partial charge is 0.424 e.